The van der Waals surface area contributed by atoms with Crippen LogP contribution in [-0.2, 0) is 16.1 Å². The molecule has 3 heterocycles. The Labute approximate surface area is 193 Å². The van der Waals surface area contributed by atoms with E-state index in [1.807, 2.05) is 0 Å². The van der Waals surface area contributed by atoms with Crippen LogP contribution in [0.3, 0.4) is 0 Å². The first-order valence-electron chi connectivity index (χ1n) is 10.8. The molecule has 2 atom stereocenters. The maximum Gasteiger partial charge on any atom is 0.427 e. The summed E-state index contributed by atoms with van der Waals surface area (Å²) in [6.45, 7) is 0.140. The van der Waals surface area contributed by atoms with Gasteiger partial charge in [0.1, 0.15) is 6.04 Å². The molecule has 34 heavy (non-hydrogen) atoms. The van der Waals surface area contributed by atoms with Crippen molar-refractivity contribution in [2.24, 2.45) is 0 Å². The molecular weight excluding hydrogens is 449 g/mol. The summed E-state index contributed by atoms with van der Waals surface area (Å²) in [5, 5.41) is 4.87. The number of nitrogens with one attached hydrogen (secondary N) is 2. The van der Waals surface area contributed by atoms with E-state index in [0.29, 0.717) is 33.6 Å². The maximum absolute atomic E-state index is 13.7. The number of hydrogen-bond acceptors (Lipinski definition) is 5. The SMILES string of the molecule is CN1C(c2ccccc2)=C(c2ccc3c(c2)CN(C2CCC(=O)NC2=O)C3=O)NC1C(F)(F)F. The van der Waals surface area contributed by atoms with Crippen molar-refractivity contribution < 1.29 is 27.6 Å². The minimum Gasteiger partial charge on any atom is -0.356 e. The fourth-order valence-electron chi connectivity index (χ4n) is 4.80. The fourth-order valence-corrected chi connectivity index (χ4v) is 4.80. The Bertz CT molecular complexity index is 1230. The molecule has 3 aliphatic rings. The second-order valence-electron chi connectivity index (χ2n) is 8.56. The Morgan fingerprint density at radius 1 is 1.00 bits per heavy atom. The first-order chi connectivity index (χ1) is 16.1. The summed E-state index contributed by atoms with van der Waals surface area (Å²) >= 11 is 0. The summed E-state index contributed by atoms with van der Waals surface area (Å²) in [6, 6.07) is 12.9. The van der Waals surface area contributed by atoms with Gasteiger partial charge < -0.3 is 15.1 Å². The highest BCUT2D eigenvalue weighted by Crippen LogP contribution is 2.40. The van der Waals surface area contributed by atoms with Crippen LogP contribution < -0.4 is 10.6 Å². The Morgan fingerprint density at radius 3 is 2.41 bits per heavy atom. The van der Waals surface area contributed by atoms with Gasteiger partial charge in [0.2, 0.25) is 11.8 Å². The molecule has 176 valence electrons. The number of fused-ring (bicyclic) bond motifs is 1. The monoisotopic (exact) mass is 470 g/mol. The van der Waals surface area contributed by atoms with E-state index in [-0.39, 0.29) is 31.2 Å². The molecule has 0 aliphatic carbocycles. The number of imide groups is 1. The van der Waals surface area contributed by atoms with Gasteiger partial charge in [-0.3, -0.25) is 19.7 Å². The van der Waals surface area contributed by atoms with Gasteiger partial charge in [-0.05, 0) is 29.7 Å². The number of hydrogen-bond donors (Lipinski definition) is 2. The highest BCUT2D eigenvalue weighted by molar-refractivity contribution is 6.05. The average Bonchev–Trinajstić information content (AvgIpc) is 3.31. The number of carbonyl (C=O) groups is 3. The Balaban J connectivity index is 1.52. The van der Waals surface area contributed by atoms with Crippen LogP contribution >= 0.6 is 0 Å². The maximum atomic E-state index is 13.7. The van der Waals surface area contributed by atoms with E-state index in [9.17, 15) is 27.6 Å². The third-order valence-corrected chi connectivity index (χ3v) is 6.43. The topological polar surface area (TPSA) is 81.8 Å². The normalized spacial score (nSPS) is 22.8. The number of halogens is 3. The fraction of sp³-hybridized carbons (Fsp3) is 0.292. The summed E-state index contributed by atoms with van der Waals surface area (Å²) in [5.74, 6) is -1.22. The highest BCUT2D eigenvalue weighted by atomic mass is 19.4. The summed E-state index contributed by atoms with van der Waals surface area (Å²) in [5.41, 5.74) is 2.86. The van der Waals surface area contributed by atoms with E-state index >= 15 is 0 Å². The predicted octanol–water partition coefficient (Wildman–Crippen LogP) is 2.70. The highest BCUT2D eigenvalue weighted by Gasteiger charge is 2.48. The van der Waals surface area contributed by atoms with Gasteiger partial charge in [-0.1, -0.05) is 36.4 Å². The lowest BCUT2D eigenvalue weighted by Gasteiger charge is -2.29. The summed E-state index contributed by atoms with van der Waals surface area (Å²) < 4.78 is 41.2. The van der Waals surface area contributed by atoms with Gasteiger partial charge in [0.25, 0.3) is 5.91 Å². The molecule has 2 unspecified atom stereocenters. The molecule has 10 heteroatoms. The second kappa shape index (κ2) is 7.89. The number of rotatable bonds is 3. The lowest BCUT2D eigenvalue weighted by Crippen LogP contribution is -2.52. The van der Waals surface area contributed by atoms with Crippen LogP contribution in [0.25, 0.3) is 11.4 Å². The van der Waals surface area contributed by atoms with Gasteiger partial charge in [0.05, 0.1) is 11.4 Å². The molecule has 7 nitrogen and oxygen atoms in total. The Morgan fingerprint density at radius 2 is 1.74 bits per heavy atom. The molecule has 0 spiro atoms. The number of nitrogens with zero attached hydrogens (tertiary/aromatic N) is 2. The number of benzene rings is 2. The zero-order valence-electron chi connectivity index (χ0n) is 18.1. The molecule has 3 aliphatic heterocycles. The average molecular weight is 470 g/mol. The summed E-state index contributed by atoms with van der Waals surface area (Å²) in [6.07, 6.45) is -6.02. The van der Waals surface area contributed by atoms with Gasteiger partial charge in [-0.15, -0.1) is 0 Å². The molecule has 5 rings (SSSR count). The van der Waals surface area contributed by atoms with Crippen LogP contribution in [-0.4, -0.2) is 53.0 Å². The van der Waals surface area contributed by atoms with Gasteiger partial charge in [-0.2, -0.15) is 13.2 Å². The van der Waals surface area contributed by atoms with Crippen molar-refractivity contribution in [1.82, 2.24) is 20.4 Å². The molecule has 0 aromatic heterocycles. The van der Waals surface area contributed by atoms with Gasteiger partial charge >= 0.3 is 6.18 Å². The van der Waals surface area contributed by atoms with E-state index < -0.39 is 24.3 Å². The van der Waals surface area contributed by atoms with E-state index in [1.54, 1.807) is 48.5 Å². The molecule has 2 aromatic rings. The van der Waals surface area contributed by atoms with E-state index in [4.69, 9.17) is 0 Å². The largest absolute Gasteiger partial charge is 0.427 e. The smallest absolute Gasteiger partial charge is 0.356 e. The second-order valence-corrected chi connectivity index (χ2v) is 8.56. The Hall–Kier alpha value is -3.82. The number of amides is 3. The third-order valence-electron chi connectivity index (χ3n) is 6.43. The zero-order valence-corrected chi connectivity index (χ0v) is 18.1. The first kappa shape index (κ1) is 22.0. The lowest BCUT2D eigenvalue weighted by atomic mass is 10.0. The molecule has 1 saturated heterocycles. The van der Waals surface area contributed by atoms with Crippen molar-refractivity contribution in [3.63, 3.8) is 0 Å². The molecule has 2 aromatic carbocycles. The number of alkyl halides is 3. The number of piperidine rings is 1. The van der Waals surface area contributed by atoms with Crippen LogP contribution in [0.5, 0.6) is 0 Å². The van der Waals surface area contributed by atoms with E-state index in [1.165, 1.54) is 16.8 Å². The van der Waals surface area contributed by atoms with E-state index in [0.717, 1.165) is 0 Å². The van der Waals surface area contributed by atoms with Crippen LogP contribution in [0.4, 0.5) is 13.2 Å². The minimum atomic E-state index is -4.51. The summed E-state index contributed by atoms with van der Waals surface area (Å²) in [4.78, 5) is 39.3. The molecule has 3 amide bonds. The predicted molar refractivity (Wildman–Crippen MR) is 116 cm³/mol. The number of carbonyl (C=O) groups excluding carboxylic acids is 3. The van der Waals surface area contributed by atoms with Crippen LogP contribution in [0.1, 0.15) is 39.9 Å². The Kier molecular flexibility index (Phi) is 5.11. The standard InChI is InChI=1S/C24H21F3N4O3/c1-30-20(13-5-3-2-4-6-13)19(29-23(30)24(25,26)27)14-7-8-16-15(11-14)12-31(22(16)34)17-9-10-18(32)28-21(17)33/h2-8,11,17,23,29H,9-10,12H2,1H3,(H,28,32,33). The molecule has 1 fully saturated rings. The van der Waals surface area contributed by atoms with Crippen molar-refractivity contribution >= 4 is 29.1 Å². The van der Waals surface area contributed by atoms with Crippen molar-refractivity contribution in [2.75, 3.05) is 7.05 Å². The molecule has 0 radical (unpaired) electrons. The van der Waals surface area contributed by atoms with E-state index in [2.05, 4.69) is 10.6 Å². The molecular formula is C24H21F3N4O3. The molecule has 0 saturated carbocycles. The minimum absolute atomic E-state index is 0.140. The molecule has 2 N–H and O–H groups in total. The zero-order chi connectivity index (χ0) is 24.2. The van der Waals surface area contributed by atoms with Gasteiger partial charge in [0.15, 0.2) is 6.17 Å². The van der Waals surface area contributed by atoms with Gasteiger partial charge in [-0.25, -0.2) is 0 Å². The van der Waals surface area contributed by atoms with Crippen LogP contribution in [0.15, 0.2) is 48.5 Å². The van der Waals surface area contributed by atoms with Gasteiger partial charge in [0, 0.05) is 31.1 Å². The van der Waals surface area contributed by atoms with Crippen molar-refractivity contribution in [1.29, 1.82) is 0 Å². The quantitative estimate of drug-likeness (QED) is 0.675. The van der Waals surface area contributed by atoms with Crippen molar-refractivity contribution in [3.8, 4) is 0 Å². The van der Waals surface area contributed by atoms with Crippen LogP contribution in [0, 0.1) is 0 Å². The van der Waals surface area contributed by atoms with Crippen molar-refractivity contribution in [2.45, 2.75) is 37.8 Å². The van der Waals surface area contributed by atoms with Crippen molar-refractivity contribution in [3.05, 3.63) is 70.8 Å². The van der Waals surface area contributed by atoms with Crippen LogP contribution in [0.2, 0.25) is 0 Å². The lowest BCUT2D eigenvalue weighted by molar-refractivity contribution is -0.174. The molecule has 0 bridgehead atoms. The third kappa shape index (κ3) is 3.59. The summed E-state index contributed by atoms with van der Waals surface area (Å²) in [7, 11) is 1.39. The first-order valence-corrected chi connectivity index (χ1v) is 10.8.